The lowest BCUT2D eigenvalue weighted by Crippen LogP contribution is -2.41. The molecule has 3 nitrogen and oxygen atoms in total. The smallest absolute Gasteiger partial charge is 0.0733 e. The minimum atomic E-state index is 0.117. The molecule has 1 aromatic heterocycles. The molecule has 3 heteroatoms. The molecule has 17 heavy (non-hydrogen) atoms. The molecule has 3 unspecified atom stereocenters. The van der Waals surface area contributed by atoms with Crippen LogP contribution in [0.5, 0.6) is 0 Å². The van der Waals surface area contributed by atoms with Gasteiger partial charge >= 0.3 is 0 Å². The topological polar surface area (TPSA) is 48.1 Å². The van der Waals surface area contributed by atoms with Crippen LogP contribution in [0.3, 0.4) is 0 Å². The quantitative estimate of drug-likeness (QED) is 0.848. The van der Waals surface area contributed by atoms with Gasteiger partial charge in [-0.1, -0.05) is 6.07 Å². The zero-order valence-corrected chi connectivity index (χ0v) is 10.1. The van der Waals surface area contributed by atoms with E-state index in [0.29, 0.717) is 5.92 Å². The fourth-order valence-corrected chi connectivity index (χ4v) is 3.19. The van der Waals surface area contributed by atoms with Crippen molar-refractivity contribution in [3.63, 3.8) is 0 Å². The Morgan fingerprint density at radius 3 is 3.12 bits per heavy atom. The number of ether oxygens (including phenoxy) is 1. The van der Waals surface area contributed by atoms with E-state index in [9.17, 15) is 0 Å². The molecular formula is C14H20N2O. The van der Waals surface area contributed by atoms with Gasteiger partial charge in [0.2, 0.25) is 0 Å². The zero-order valence-electron chi connectivity index (χ0n) is 10.1. The predicted molar refractivity (Wildman–Crippen MR) is 66.9 cm³/mol. The third-order valence-corrected chi connectivity index (χ3v) is 4.10. The van der Waals surface area contributed by atoms with Gasteiger partial charge in [-0.15, -0.1) is 0 Å². The Balaban J connectivity index is 1.84. The largest absolute Gasteiger partial charge is 0.377 e. The first-order chi connectivity index (χ1) is 8.36. The molecule has 2 heterocycles. The Morgan fingerprint density at radius 1 is 1.35 bits per heavy atom. The maximum absolute atomic E-state index is 6.40. The molecule has 2 aliphatic rings. The molecule has 1 aliphatic heterocycles. The summed E-state index contributed by atoms with van der Waals surface area (Å²) in [6.45, 7) is 0.875. The van der Waals surface area contributed by atoms with Crippen LogP contribution in [-0.2, 0) is 11.2 Å². The number of fused-ring (bicyclic) bond motifs is 1. The Labute approximate surface area is 102 Å². The number of nitrogens with zero attached hydrogens (tertiary/aromatic N) is 1. The van der Waals surface area contributed by atoms with E-state index in [1.807, 2.05) is 12.3 Å². The molecule has 0 amide bonds. The first-order valence-corrected chi connectivity index (χ1v) is 6.67. The van der Waals surface area contributed by atoms with E-state index < -0.39 is 0 Å². The van der Waals surface area contributed by atoms with Crippen molar-refractivity contribution in [1.29, 1.82) is 0 Å². The maximum Gasteiger partial charge on any atom is 0.0733 e. The minimum absolute atomic E-state index is 0.117. The summed E-state index contributed by atoms with van der Waals surface area (Å²) in [6.07, 6.45) is 7.93. The molecule has 92 valence electrons. The van der Waals surface area contributed by atoms with Crippen molar-refractivity contribution in [2.45, 2.75) is 50.2 Å². The molecular weight excluding hydrogens is 212 g/mol. The standard InChI is InChI=1S/C14H20N2O/c15-13(12-7-3-9-17-12)11-6-1-4-10-5-2-8-16-14(10)11/h2,5,8,11-13H,1,3-4,6-7,9,15H2. The highest BCUT2D eigenvalue weighted by Crippen LogP contribution is 2.34. The maximum atomic E-state index is 6.40. The normalized spacial score (nSPS) is 29.9. The summed E-state index contributed by atoms with van der Waals surface area (Å²) in [5.74, 6) is 0.392. The molecule has 3 rings (SSSR count). The highest BCUT2D eigenvalue weighted by Gasteiger charge is 2.33. The number of rotatable bonds is 2. The molecule has 1 fully saturated rings. The fraction of sp³-hybridized carbons (Fsp3) is 0.643. The van der Waals surface area contributed by atoms with Crippen molar-refractivity contribution in [2.75, 3.05) is 6.61 Å². The van der Waals surface area contributed by atoms with E-state index in [4.69, 9.17) is 10.5 Å². The van der Waals surface area contributed by atoms with Gasteiger partial charge in [-0.2, -0.15) is 0 Å². The lowest BCUT2D eigenvalue weighted by atomic mass is 9.80. The average Bonchev–Trinajstić information content (AvgIpc) is 2.91. The molecule has 0 radical (unpaired) electrons. The van der Waals surface area contributed by atoms with Gasteiger partial charge in [0, 0.05) is 30.5 Å². The lowest BCUT2D eigenvalue weighted by molar-refractivity contribution is 0.0794. The number of pyridine rings is 1. The van der Waals surface area contributed by atoms with E-state index >= 15 is 0 Å². The lowest BCUT2D eigenvalue weighted by Gasteiger charge is -2.31. The summed E-state index contributed by atoms with van der Waals surface area (Å²) in [5.41, 5.74) is 9.01. The van der Waals surface area contributed by atoms with E-state index in [-0.39, 0.29) is 12.1 Å². The summed E-state index contributed by atoms with van der Waals surface area (Å²) in [7, 11) is 0. The van der Waals surface area contributed by atoms with Crippen LogP contribution in [-0.4, -0.2) is 23.7 Å². The van der Waals surface area contributed by atoms with Crippen LogP contribution >= 0.6 is 0 Å². The molecule has 2 N–H and O–H groups in total. The first kappa shape index (κ1) is 11.2. The minimum Gasteiger partial charge on any atom is -0.377 e. The second-order valence-electron chi connectivity index (χ2n) is 5.18. The number of hydrogen-bond acceptors (Lipinski definition) is 3. The Hall–Kier alpha value is -0.930. The van der Waals surface area contributed by atoms with Crippen molar-refractivity contribution in [1.82, 2.24) is 4.98 Å². The van der Waals surface area contributed by atoms with Crippen LogP contribution in [0.4, 0.5) is 0 Å². The first-order valence-electron chi connectivity index (χ1n) is 6.67. The van der Waals surface area contributed by atoms with Crippen molar-refractivity contribution in [2.24, 2.45) is 5.73 Å². The van der Waals surface area contributed by atoms with Crippen LogP contribution in [0, 0.1) is 0 Å². The van der Waals surface area contributed by atoms with E-state index in [2.05, 4.69) is 11.1 Å². The second-order valence-corrected chi connectivity index (χ2v) is 5.18. The molecule has 0 spiro atoms. The highest BCUT2D eigenvalue weighted by molar-refractivity contribution is 5.27. The second kappa shape index (κ2) is 4.75. The molecule has 0 aromatic carbocycles. The van der Waals surface area contributed by atoms with Gasteiger partial charge in [-0.25, -0.2) is 0 Å². The monoisotopic (exact) mass is 232 g/mol. The van der Waals surface area contributed by atoms with Gasteiger partial charge in [0.15, 0.2) is 0 Å². The molecule has 0 bridgehead atoms. The Morgan fingerprint density at radius 2 is 2.29 bits per heavy atom. The van der Waals surface area contributed by atoms with Crippen molar-refractivity contribution < 1.29 is 4.74 Å². The fourth-order valence-electron chi connectivity index (χ4n) is 3.19. The molecule has 1 aliphatic carbocycles. The van der Waals surface area contributed by atoms with E-state index in [1.54, 1.807) is 0 Å². The number of nitrogens with two attached hydrogens (primary N) is 1. The summed E-state index contributed by atoms with van der Waals surface area (Å²) in [4.78, 5) is 4.56. The number of aromatic nitrogens is 1. The van der Waals surface area contributed by atoms with Crippen LogP contribution in [0.1, 0.15) is 42.9 Å². The highest BCUT2D eigenvalue weighted by atomic mass is 16.5. The van der Waals surface area contributed by atoms with Gasteiger partial charge in [0.25, 0.3) is 0 Å². The zero-order chi connectivity index (χ0) is 11.7. The van der Waals surface area contributed by atoms with Gasteiger partial charge in [0.05, 0.1) is 6.10 Å². The molecule has 1 saturated heterocycles. The van der Waals surface area contributed by atoms with Crippen molar-refractivity contribution in [3.8, 4) is 0 Å². The average molecular weight is 232 g/mol. The van der Waals surface area contributed by atoms with Crippen molar-refractivity contribution in [3.05, 3.63) is 29.6 Å². The SMILES string of the molecule is NC(C1CCCO1)C1CCCc2cccnc21. The third-order valence-electron chi connectivity index (χ3n) is 4.10. The number of hydrogen-bond donors (Lipinski definition) is 1. The van der Waals surface area contributed by atoms with Crippen molar-refractivity contribution >= 4 is 0 Å². The molecule has 0 saturated carbocycles. The Kier molecular flexibility index (Phi) is 3.12. The van der Waals surface area contributed by atoms with Crippen LogP contribution in [0.25, 0.3) is 0 Å². The molecule has 1 aromatic rings. The Bertz CT molecular complexity index is 388. The summed E-state index contributed by atoms with van der Waals surface area (Å²) >= 11 is 0. The summed E-state index contributed by atoms with van der Waals surface area (Å²) in [6, 6.07) is 4.33. The van der Waals surface area contributed by atoms with E-state index in [0.717, 1.165) is 32.3 Å². The van der Waals surface area contributed by atoms with Crippen LogP contribution < -0.4 is 5.73 Å². The predicted octanol–water partition coefficient (Wildman–Crippen LogP) is 2.01. The number of aryl methyl sites for hydroxylation is 1. The van der Waals surface area contributed by atoms with E-state index in [1.165, 1.54) is 17.7 Å². The van der Waals surface area contributed by atoms with Gasteiger partial charge < -0.3 is 10.5 Å². The molecule has 3 atom stereocenters. The van der Waals surface area contributed by atoms with Gasteiger partial charge in [-0.05, 0) is 43.7 Å². The third kappa shape index (κ3) is 2.09. The van der Waals surface area contributed by atoms with Crippen LogP contribution in [0.15, 0.2) is 18.3 Å². The summed E-state index contributed by atoms with van der Waals surface area (Å²) < 4.78 is 5.73. The summed E-state index contributed by atoms with van der Waals surface area (Å²) in [5, 5.41) is 0. The van der Waals surface area contributed by atoms with Gasteiger partial charge in [-0.3, -0.25) is 4.98 Å². The van der Waals surface area contributed by atoms with Gasteiger partial charge in [0.1, 0.15) is 0 Å². The van der Waals surface area contributed by atoms with Crippen LogP contribution in [0.2, 0.25) is 0 Å².